The molecular formula is C14H21N5O. The number of anilines is 1. The summed E-state index contributed by atoms with van der Waals surface area (Å²) in [5.41, 5.74) is 6.64. The first-order valence-corrected chi connectivity index (χ1v) is 7.06. The Balaban J connectivity index is 1.87. The minimum atomic E-state index is 0.168. The molecule has 0 bridgehead atoms. The molecule has 0 spiro atoms. The summed E-state index contributed by atoms with van der Waals surface area (Å²) in [7, 11) is 0. The van der Waals surface area contributed by atoms with Crippen molar-refractivity contribution in [1.82, 2.24) is 20.2 Å². The molecule has 0 aliphatic heterocycles. The fourth-order valence-corrected chi connectivity index (χ4v) is 3.42. The standard InChI is InChI=1S/C14H21N5O/c1-8-4-9(6-14(2,3)5-8)20-12-10-7-16-19-11(10)17-13(15)18-12/h7-9H,4-6H2,1-3H3,(H3,15,16,17,18,19). The van der Waals surface area contributed by atoms with Crippen LogP contribution in [0.25, 0.3) is 11.0 Å². The lowest BCUT2D eigenvalue weighted by Gasteiger charge is -2.38. The first kappa shape index (κ1) is 13.1. The lowest BCUT2D eigenvalue weighted by atomic mass is 9.71. The number of nitrogens with zero attached hydrogens (tertiary/aromatic N) is 3. The quantitative estimate of drug-likeness (QED) is 0.879. The van der Waals surface area contributed by atoms with Crippen LogP contribution in [0.5, 0.6) is 5.88 Å². The fraction of sp³-hybridized carbons (Fsp3) is 0.643. The Bertz CT molecular complexity index is 621. The number of nitrogen functional groups attached to an aromatic ring is 1. The number of aromatic nitrogens is 4. The molecule has 1 aliphatic carbocycles. The van der Waals surface area contributed by atoms with Crippen molar-refractivity contribution in [2.75, 3.05) is 5.73 Å². The number of hydrogen-bond donors (Lipinski definition) is 2. The molecule has 0 amide bonds. The van der Waals surface area contributed by atoms with Crippen LogP contribution in [0.15, 0.2) is 6.20 Å². The fourth-order valence-electron chi connectivity index (χ4n) is 3.42. The van der Waals surface area contributed by atoms with E-state index < -0.39 is 0 Å². The Kier molecular flexibility index (Phi) is 3.03. The highest BCUT2D eigenvalue weighted by molar-refractivity contribution is 5.80. The average molecular weight is 275 g/mol. The molecule has 3 rings (SSSR count). The summed E-state index contributed by atoms with van der Waals surface area (Å²) in [6.07, 6.45) is 5.16. The Hall–Kier alpha value is -1.85. The SMILES string of the molecule is CC1CC(Oc2nc(N)nc3[nH]ncc23)CC(C)(C)C1. The predicted molar refractivity (Wildman–Crippen MR) is 77.3 cm³/mol. The van der Waals surface area contributed by atoms with Crippen molar-refractivity contribution in [2.24, 2.45) is 11.3 Å². The molecule has 0 radical (unpaired) electrons. The third kappa shape index (κ3) is 2.55. The largest absolute Gasteiger partial charge is 0.474 e. The number of rotatable bonds is 2. The van der Waals surface area contributed by atoms with Gasteiger partial charge in [0.15, 0.2) is 5.65 Å². The summed E-state index contributed by atoms with van der Waals surface area (Å²) in [6.45, 7) is 6.86. The molecule has 3 N–H and O–H groups in total. The second-order valence-electron chi connectivity index (χ2n) is 6.67. The molecule has 1 aliphatic rings. The molecule has 108 valence electrons. The highest BCUT2D eigenvalue weighted by Crippen LogP contribution is 2.40. The summed E-state index contributed by atoms with van der Waals surface area (Å²) < 4.78 is 6.12. The van der Waals surface area contributed by atoms with E-state index in [2.05, 4.69) is 40.9 Å². The molecule has 0 aromatic carbocycles. The van der Waals surface area contributed by atoms with Gasteiger partial charge in [-0.3, -0.25) is 5.10 Å². The van der Waals surface area contributed by atoms with Crippen molar-refractivity contribution >= 4 is 17.0 Å². The average Bonchev–Trinajstić information content (AvgIpc) is 2.73. The van der Waals surface area contributed by atoms with Crippen LogP contribution in [0.2, 0.25) is 0 Å². The van der Waals surface area contributed by atoms with Gasteiger partial charge in [0.1, 0.15) is 11.5 Å². The molecule has 1 saturated carbocycles. The van der Waals surface area contributed by atoms with Gasteiger partial charge in [-0.25, -0.2) is 0 Å². The smallest absolute Gasteiger partial charge is 0.229 e. The van der Waals surface area contributed by atoms with Crippen LogP contribution in [0.1, 0.15) is 40.0 Å². The number of hydrogen-bond acceptors (Lipinski definition) is 5. The van der Waals surface area contributed by atoms with E-state index in [-0.39, 0.29) is 12.1 Å². The maximum absolute atomic E-state index is 6.12. The summed E-state index contributed by atoms with van der Waals surface area (Å²) >= 11 is 0. The zero-order valence-electron chi connectivity index (χ0n) is 12.2. The first-order valence-electron chi connectivity index (χ1n) is 7.06. The number of fused-ring (bicyclic) bond motifs is 1. The van der Waals surface area contributed by atoms with Crippen LogP contribution in [0.4, 0.5) is 5.95 Å². The van der Waals surface area contributed by atoms with Crippen molar-refractivity contribution in [3.63, 3.8) is 0 Å². The van der Waals surface area contributed by atoms with Crippen LogP contribution in [-0.4, -0.2) is 26.3 Å². The summed E-state index contributed by atoms with van der Waals surface area (Å²) in [6, 6.07) is 0. The molecule has 2 atom stereocenters. The topological polar surface area (TPSA) is 89.7 Å². The summed E-state index contributed by atoms with van der Waals surface area (Å²) in [4.78, 5) is 8.33. The van der Waals surface area contributed by atoms with E-state index in [1.165, 1.54) is 6.42 Å². The Labute approximate surface area is 118 Å². The zero-order chi connectivity index (χ0) is 14.3. The van der Waals surface area contributed by atoms with Crippen LogP contribution in [0, 0.1) is 11.3 Å². The van der Waals surface area contributed by atoms with Gasteiger partial charge >= 0.3 is 0 Å². The second-order valence-corrected chi connectivity index (χ2v) is 6.67. The Morgan fingerprint density at radius 1 is 1.35 bits per heavy atom. The van der Waals surface area contributed by atoms with E-state index in [0.29, 0.717) is 22.9 Å². The molecule has 20 heavy (non-hydrogen) atoms. The van der Waals surface area contributed by atoms with Gasteiger partial charge < -0.3 is 10.5 Å². The Morgan fingerprint density at radius 2 is 2.15 bits per heavy atom. The molecular weight excluding hydrogens is 254 g/mol. The van der Waals surface area contributed by atoms with Gasteiger partial charge in [-0.1, -0.05) is 20.8 Å². The van der Waals surface area contributed by atoms with Gasteiger partial charge in [0.2, 0.25) is 11.8 Å². The molecule has 1 fully saturated rings. The molecule has 6 nitrogen and oxygen atoms in total. The number of aromatic amines is 1. The van der Waals surface area contributed by atoms with Crippen molar-refractivity contribution in [3.05, 3.63) is 6.20 Å². The molecule has 2 aromatic heterocycles. The van der Waals surface area contributed by atoms with Gasteiger partial charge in [0.05, 0.1) is 6.20 Å². The van der Waals surface area contributed by atoms with Gasteiger partial charge in [-0.15, -0.1) is 0 Å². The van der Waals surface area contributed by atoms with E-state index in [4.69, 9.17) is 10.5 Å². The van der Waals surface area contributed by atoms with E-state index in [1.54, 1.807) is 6.20 Å². The van der Waals surface area contributed by atoms with Crippen LogP contribution >= 0.6 is 0 Å². The third-order valence-electron chi connectivity index (χ3n) is 3.92. The van der Waals surface area contributed by atoms with Gasteiger partial charge in [0, 0.05) is 0 Å². The van der Waals surface area contributed by atoms with Gasteiger partial charge in [-0.2, -0.15) is 15.1 Å². The van der Waals surface area contributed by atoms with E-state index in [9.17, 15) is 0 Å². The minimum absolute atomic E-state index is 0.168. The van der Waals surface area contributed by atoms with Crippen LogP contribution in [0.3, 0.4) is 0 Å². The normalized spacial score (nSPS) is 25.8. The highest BCUT2D eigenvalue weighted by atomic mass is 16.5. The van der Waals surface area contributed by atoms with E-state index >= 15 is 0 Å². The van der Waals surface area contributed by atoms with Crippen LogP contribution < -0.4 is 10.5 Å². The lowest BCUT2D eigenvalue weighted by molar-refractivity contribution is 0.0544. The van der Waals surface area contributed by atoms with Crippen molar-refractivity contribution in [3.8, 4) is 5.88 Å². The third-order valence-corrected chi connectivity index (χ3v) is 3.92. The van der Waals surface area contributed by atoms with Crippen molar-refractivity contribution in [1.29, 1.82) is 0 Å². The monoisotopic (exact) mass is 275 g/mol. The number of nitrogens with two attached hydrogens (primary N) is 1. The number of H-pyrrole nitrogens is 1. The lowest BCUT2D eigenvalue weighted by Crippen LogP contribution is -2.34. The molecule has 6 heteroatoms. The van der Waals surface area contributed by atoms with Crippen molar-refractivity contribution in [2.45, 2.75) is 46.1 Å². The molecule has 2 heterocycles. The second kappa shape index (κ2) is 4.61. The molecule has 2 aromatic rings. The van der Waals surface area contributed by atoms with Gasteiger partial charge in [0.25, 0.3) is 0 Å². The number of nitrogens with one attached hydrogen (secondary N) is 1. The Morgan fingerprint density at radius 3 is 2.90 bits per heavy atom. The minimum Gasteiger partial charge on any atom is -0.474 e. The van der Waals surface area contributed by atoms with Crippen molar-refractivity contribution < 1.29 is 4.74 Å². The van der Waals surface area contributed by atoms with Crippen LogP contribution in [-0.2, 0) is 0 Å². The highest BCUT2D eigenvalue weighted by Gasteiger charge is 2.33. The summed E-state index contributed by atoms with van der Waals surface area (Å²) in [5, 5.41) is 7.57. The molecule has 0 saturated heterocycles. The van der Waals surface area contributed by atoms with E-state index in [0.717, 1.165) is 18.2 Å². The maximum Gasteiger partial charge on any atom is 0.229 e. The first-order chi connectivity index (χ1) is 9.43. The van der Waals surface area contributed by atoms with E-state index in [1.807, 2.05) is 0 Å². The molecule has 2 unspecified atom stereocenters. The zero-order valence-corrected chi connectivity index (χ0v) is 12.2. The predicted octanol–water partition coefficient (Wildman–Crippen LogP) is 2.53. The van der Waals surface area contributed by atoms with Gasteiger partial charge in [-0.05, 0) is 30.6 Å². The summed E-state index contributed by atoms with van der Waals surface area (Å²) in [5.74, 6) is 1.40. The number of ether oxygens (including phenoxy) is 1. The maximum atomic E-state index is 6.12.